The second kappa shape index (κ2) is 5.75. The van der Waals surface area contributed by atoms with E-state index in [1.165, 1.54) is 0 Å². The molecule has 3 N–H and O–H groups in total. The maximum absolute atomic E-state index is 10.6. The normalized spacial score (nSPS) is 11.5. The summed E-state index contributed by atoms with van der Waals surface area (Å²) in [6.45, 7) is 1.98. The van der Waals surface area contributed by atoms with Crippen LogP contribution in [0.4, 0.5) is 11.4 Å². The monoisotopic (exact) mass is 233 g/mol. The fourth-order valence-electron chi connectivity index (χ4n) is 1.56. The molecule has 0 radical (unpaired) electrons. The Labute approximate surface area is 100 Å². The molecule has 0 amide bonds. The lowest BCUT2D eigenvalue weighted by Crippen LogP contribution is -2.34. The minimum absolute atomic E-state index is 0.0274. The van der Waals surface area contributed by atoms with Gasteiger partial charge in [0, 0.05) is 6.54 Å². The summed E-state index contributed by atoms with van der Waals surface area (Å²) < 4.78 is 0. The van der Waals surface area contributed by atoms with Crippen molar-refractivity contribution in [3.8, 4) is 6.07 Å². The number of nitrogens with two attached hydrogens (primary N) is 1. The molecule has 0 aliphatic carbocycles. The summed E-state index contributed by atoms with van der Waals surface area (Å²) >= 11 is 0. The highest BCUT2D eigenvalue weighted by Crippen LogP contribution is 2.24. The molecule has 0 aromatic heterocycles. The van der Waals surface area contributed by atoms with E-state index in [0.29, 0.717) is 11.4 Å². The van der Waals surface area contributed by atoms with Crippen LogP contribution >= 0.6 is 0 Å². The van der Waals surface area contributed by atoms with E-state index in [0.717, 1.165) is 0 Å². The lowest BCUT2D eigenvalue weighted by atomic mass is 10.2. The van der Waals surface area contributed by atoms with Crippen molar-refractivity contribution in [3.63, 3.8) is 0 Å². The molecule has 1 rings (SSSR count). The molecule has 17 heavy (non-hydrogen) atoms. The zero-order valence-electron chi connectivity index (χ0n) is 9.63. The Bertz CT molecular complexity index is 440. The first-order valence-corrected chi connectivity index (χ1v) is 5.28. The number of nitrogens with zero attached hydrogens (tertiary/aromatic N) is 2. The van der Waals surface area contributed by atoms with Crippen LogP contribution in [0.1, 0.15) is 13.3 Å². The largest absolute Gasteiger partial charge is 0.481 e. The predicted molar refractivity (Wildman–Crippen MR) is 65.5 cm³/mol. The van der Waals surface area contributed by atoms with Crippen molar-refractivity contribution < 1.29 is 9.90 Å². The molecule has 0 aliphatic heterocycles. The summed E-state index contributed by atoms with van der Waals surface area (Å²) in [4.78, 5) is 12.3. The number of benzene rings is 1. The van der Waals surface area contributed by atoms with E-state index in [9.17, 15) is 4.79 Å². The van der Waals surface area contributed by atoms with Gasteiger partial charge in [-0.1, -0.05) is 12.1 Å². The molecule has 5 heteroatoms. The molecule has 1 unspecified atom stereocenters. The molecule has 0 spiro atoms. The summed E-state index contributed by atoms with van der Waals surface area (Å²) in [5, 5.41) is 17.6. The molecule has 0 heterocycles. The average molecular weight is 233 g/mol. The second-order valence-corrected chi connectivity index (χ2v) is 3.70. The summed E-state index contributed by atoms with van der Waals surface area (Å²) in [7, 11) is 0. The van der Waals surface area contributed by atoms with Crippen LogP contribution in [0.15, 0.2) is 24.3 Å². The molecule has 0 saturated heterocycles. The molecule has 0 saturated carbocycles. The van der Waals surface area contributed by atoms with Gasteiger partial charge in [0.05, 0.1) is 23.9 Å². The van der Waals surface area contributed by atoms with Gasteiger partial charge >= 0.3 is 5.97 Å². The van der Waals surface area contributed by atoms with Crippen molar-refractivity contribution in [3.05, 3.63) is 24.3 Å². The molecule has 5 nitrogen and oxygen atoms in total. The van der Waals surface area contributed by atoms with E-state index in [2.05, 4.69) is 6.07 Å². The van der Waals surface area contributed by atoms with Gasteiger partial charge < -0.3 is 15.7 Å². The van der Waals surface area contributed by atoms with Crippen LogP contribution in [0.3, 0.4) is 0 Å². The van der Waals surface area contributed by atoms with Gasteiger partial charge in [0.1, 0.15) is 6.04 Å². The number of rotatable bonds is 5. The van der Waals surface area contributed by atoms with Crippen LogP contribution in [0.2, 0.25) is 0 Å². The maximum Gasteiger partial charge on any atom is 0.305 e. The first kappa shape index (κ1) is 12.8. The summed E-state index contributed by atoms with van der Waals surface area (Å²) in [6.07, 6.45) is -0.0274. The smallest absolute Gasteiger partial charge is 0.305 e. The Balaban J connectivity index is 2.95. The Hall–Kier alpha value is -2.22. The van der Waals surface area contributed by atoms with Crippen molar-refractivity contribution in [2.75, 3.05) is 17.2 Å². The number of hydrogen-bond acceptors (Lipinski definition) is 4. The number of carboxylic acids is 1. The number of carbonyl (C=O) groups is 1. The van der Waals surface area contributed by atoms with Gasteiger partial charge in [0.25, 0.3) is 0 Å². The van der Waals surface area contributed by atoms with Gasteiger partial charge in [0.15, 0.2) is 0 Å². The zero-order valence-corrected chi connectivity index (χ0v) is 9.63. The molecular weight excluding hydrogens is 218 g/mol. The van der Waals surface area contributed by atoms with Gasteiger partial charge in [0.2, 0.25) is 0 Å². The standard InChI is InChI=1S/C12H15N3O2/c1-9(8-13)15(7-6-12(16)17)11-5-3-2-4-10(11)14/h2-5,9H,6-7,14H2,1H3,(H,16,17). The van der Waals surface area contributed by atoms with Gasteiger partial charge in [-0.2, -0.15) is 5.26 Å². The molecule has 0 aliphatic rings. The van der Waals surface area contributed by atoms with Gasteiger partial charge in [-0.3, -0.25) is 4.79 Å². The molecule has 90 valence electrons. The van der Waals surface area contributed by atoms with E-state index < -0.39 is 12.0 Å². The van der Waals surface area contributed by atoms with Crippen LogP contribution < -0.4 is 10.6 Å². The molecule has 0 bridgehead atoms. The number of nitriles is 1. The van der Waals surface area contributed by atoms with E-state index in [4.69, 9.17) is 16.1 Å². The highest BCUT2D eigenvalue weighted by Gasteiger charge is 2.16. The molecule has 1 aromatic carbocycles. The topological polar surface area (TPSA) is 90.3 Å². The third-order valence-electron chi connectivity index (χ3n) is 2.47. The van der Waals surface area contributed by atoms with Crippen molar-refractivity contribution in [2.45, 2.75) is 19.4 Å². The predicted octanol–water partition coefficient (Wildman–Crippen LogP) is 1.46. The Morgan fingerprint density at radius 3 is 2.76 bits per heavy atom. The van der Waals surface area contributed by atoms with Gasteiger partial charge in [-0.05, 0) is 19.1 Å². The lowest BCUT2D eigenvalue weighted by molar-refractivity contribution is -0.136. The van der Waals surface area contributed by atoms with E-state index in [-0.39, 0.29) is 13.0 Å². The van der Waals surface area contributed by atoms with E-state index in [1.807, 2.05) is 6.07 Å². The van der Waals surface area contributed by atoms with Crippen molar-refractivity contribution in [1.29, 1.82) is 5.26 Å². The lowest BCUT2D eigenvalue weighted by Gasteiger charge is -2.27. The van der Waals surface area contributed by atoms with Crippen LogP contribution in [-0.2, 0) is 4.79 Å². The summed E-state index contributed by atoms with van der Waals surface area (Å²) in [5.74, 6) is -0.894. The number of hydrogen-bond donors (Lipinski definition) is 2. The summed E-state index contributed by atoms with van der Waals surface area (Å²) in [6, 6.07) is 8.79. The van der Waals surface area contributed by atoms with Crippen LogP contribution in [0, 0.1) is 11.3 Å². The number of aliphatic carboxylic acids is 1. The number of carboxylic acid groups (broad SMARTS) is 1. The van der Waals surface area contributed by atoms with Gasteiger partial charge in [-0.15, -0.1) is 0 Å². The Morgan fingerprint density at radius 2 is 2.24 bits per heavy atom. The molecule has 0 fully saturated rings. The second-order valence-electron chi connectivity index (χ2n) is 3.70. The fraction of sp³-hybridized carbons (Fsp3) is 0.333. The van der Waals surface area contributed by atoms with Crippen molar-refractivity contribution in [1.82, 2.24) is 0 Å². The number of anilines is 2. The van der Waals surface area contributed by atoms with Crippen molar-refractivity contribution in [2.24, 2.45) is 0 Å². The minimum Gasteiger partial charge on any atom is -0.481 e. The molecule has 1 atom stereocenters. The average Bonchev–Trinajstić information content (AvgIpc) is 2.30. The number of para-hydroxylation sites is 2. The SMILES string of the molecule is CC(C#N)N(CCC(=O)O)c1ccccc1N. The first-order valence-electron chi connectivity index (χ1n) is 5.28. The summed E-state index contributed by atoms with van der Waals surface area (Å²) in [5.41, 5.74) is 7.06. The van der Waals surface area contributed by atoms with Gasteiger partial charge in [-0.25, -0.2) is 0 Å². The fourth-order valence-corrected chi connectivity index (χ4v) is 1.56. The Kier molecular flexibility index (Phi) is 4.35. The highest BCUT2D eigenvalue weighted by atomic mass is 16.4. The minimum atomic E-state index is -0.894. The first-order chi connectivity index (χ1) is 8.06. The number of nitrogen functional groups attached to an aromatic ring is 1. The molecule has 1 aromatic rings. The highest BCUT2D eigenvalue weighted by molar-refractivity contribution is 5.71. The maximum atomic E-state index is 10.6. The van der Waals surface area contributed by atoms with Crippen molar-refractivity contribution >= 4 is 17.3 Å². The Morgan fingerprint density at radius 1 is 1.59 bits per heavy atom. The molecular formula is C12H15N3O2. The van der Waals surface area contributed by atoms with Crippen LogP contribution in [0.5, 0.6) is 0 Å². The van der Waals surface area contributed by atoms with E-state index in [1.54, 1.807) is 30.0 Å². The van der Waals surface area contributed by atoms with E-state index >= 15 is 0 Å². The van der Waals surface area contributed by atoms with Crippen LogP contribution in [0.25, 0.3) is 0 Å². The third-order valence-corrected chi connectivity index (χ3v) is 2.47. The zero-order chi connectivity index (χ0) is 12.8. The third kappa shape index (κ3) is 3.38. The van der Waals surface area contributed by atoms with Crippen LogP contribution in [-0.4, -0.2) is 23.7 Å². The quantitative estimate of drug-likeness (QED) is 0.751.